The summed E-state index contributed by atoms with van der Waals surface area (Å²) in [6, 6.07) is 8.34. The Morgan fingerprint density at radius 2 is 1.62 bits per heavy atom. The summed E-state index contributed by atoms with van der Waals surface area (Å²) in [4.78, 5) is 3.96. The number of hydrogen-bond donors (Lipinski definition) is 0. The van der Waals surface area contributed by atoms with Gasteiger partial charge in [0.05, 0.1) is 0 Å². The lowest BCUT2D eigenvalue weighted by atomic mass is 10.1. The fourth-order valence-electron chi connectivity index (χ4n) is 1.16. The molecule has 1 nitrogen and oxygen atoms in total. The molecule has 0 spiro atoms. The lowest BCUT2D eigenvalue weighted by Crippen LogP contribution is -1.80. The number of nitrogens with zero attached hydrogens (tertiary/aromatic N) is 1. The number of allylic oxidation sites excluding steroid dienone is 1. The third kappa shape index (κ3) is 3.24. The highest BCUT2D eigenvalue weighted by atomic mass is 14.6. The van der Waals surface area contributed by atoms with Crippen molar-refractivity contribution in [3.05, 3.63) is 41.0 Å². The number of benzene rings is 1. The monoisotopic (exact) mass is 173 g/mol. The van der Waals surface area contributed by atoms with Crippen LogP contribution in [0.4, 0.5) is 0 Å². The van der Waals surface area contributed by atoms with E-state index in [0.717, 1.165) is 5.56 Å². The molecule has 0 radical (unpaired) electrons. The van der Waals surface area contributed by atoms with Crippen LogP contribution in [0, 0.1) is 0 Å². The highest BCUT2D eigenvalue weighted by molar-refractivity contribution is 5.79. The minimum absolute atomic E-state index is 1.15. The zero-order valence-corrected chi connectivity index (χ0v) is 8.41. The molecule has 0 bridgehead atoms. The van der Waals surface area contributed by atoms with E-state index < -0.39 is 0 Å². The van der Waals surface area contributed by atoms with Crippen molar-refractivity contribution < 1.29 is 0 Å². The van der Waals surface area contributed by atoms with E-state index in [1.165, 1.54) is 11.1 Å². The van der Waals surface area contributed by atoms with Crippen molar-refractivity contribution in [1.29, 1.82) is 0 Å². The van der Waals surface area contributed by atoms with Gasteiger partial charge in [0.2, 0.25) is 0 Å². The third-order valence-corrected chi connectivity index (χ3v) is 1.67. The standard InChI is InChI=1S/C12H15N/c1-10(2)8-11-4-6-12(7-5-11)9-13-3/h4-9H,1-3H3. The Labute approximate surface area is 79.8 Å². The molecule has 0 saturated carbocycles. The van der Waals surface area contributed by atoms with Gasteiger partial charge >= 0.3 is 0 Å². The number of rotatable bonds is 2. The van der Waals surface area contributed by atoms with Gasteiger partial charge in [0, 0.05) is 13.3 Å². The minimum atomic E-state index is 1.15. The van der Waals surface area contributed by atoms with Gasteiger partial charge in [0.25, 0.3) is 0 Å². The summed E-state index contributed by atoms with van der Waals surface area (Å²) in [5, 5.41) is 0. The van der Waals surface area contributed by atoms with E-state index in [4.69, 9.17) is 0 Å². The Hall–Kier alpha value is -1.37. The molecule has 0 unspecified atom stereocenters. The van der Waals surface area contributed by atoms with Gasteiger partial charge in [-0.2, -0.15) is 0 Å². The molecule has 0 heterocycles. The second kappa shape index (κ2) is 4.61. The van der Waals surface area contributed by atoms with E-state index in [2.05, 4.69) is 49.2 Å². The van der Waals surface area contributed by atoms with Gasteiger partial charge in [-0.15, -0.1) is 0 Å². The Balaban J connectivity index is 2.87. The maximum absolute atomic E-state index is 3.96. The maximum atomic E-state index is 3.96. The van der Waals surface area contributed by atoms with E-state index in [1.807, 2.05) is 6.21 Å². The van der Waals surface area contributed by atoms with Crippen LogP contribution in [-0.2, 0) is 0 Å². The molecular formula is C12H15N. The van der Waals surface area contributed by atoms with E-state index >= 15 is 0 Å². The average Bonchev–Trinajstić information content (AvgIpc) is 2.08. The average molecular weight is 173 g/mol. The molecule has 1 aromatic carbocycles. The van der Waals surface area contributed by atoms with Crippen LogP contribution in [0.25, 0.3) is 6.08 Å². The summed E-state index contributed by atoms with van der Waals surface area (Å²) in [5.41, 5.74) is 3.71. The smallest absolute Gasteiger partial charge is 0.0281 e. The molecule has 0 saturated heterocycles. The van der Waals surface area contributed by atoms with Crippen molar-refractivity contribution in [2.75, 3.05) is 7.05 Å². The van der Waals surface area contributed by atoms with Crippen LogP contribution in [0.15, 0.2) is 34.8 Å². The first-order valence-corrected chi connectivity index (χ1v) is 4.39. The van der Waals surface area contributed by atoms with Crippen LogP contribution in [0.3, 0.4) is 0 Å². The van der Waals surface area contributed by atoms with Crippen LogP contribution >= 0.6 is 0 Å². The summed E-state index contributed by atoms with van der Waals surface area (Å²) in [6.07, 6.45) is 4.01. The summed E-state index contributed by atoms with van der Waals surface area (Å²) >= 11 is 0. The van der Waals surface area contributed by atoms with Crippen LogP contribution in [-0.4, -0.2) is 13.3 Å². The Bertz CT molecular complexity index is 313. The summed E-state index contributed by atoms with van der Waals surface area (Å²) < 4.78 is 0. The fourth-order valence-corrected chi connectivity index (χ4v) is 1.16. The van der Waals surface area contributed by atoms with Crippen molar-refractivity contribution in [2.45, 2.75) is 13.8 Å². The number of hydrogen-bond acceptors (Lipinski definition) is 1. The van der Waals surface area contributed by atoms with E-state index in [-0.39, 0.29) is 0 Å². The van der Waals surface area contributed by atoms with Crippen molar-refractivity contribution in [3.63, 3.8) is 0 Å². The largest absolute Gasteiger partial charge is 0.296 e. The van der Waals surface area contributed by atoms with Gasteiger partial charge in [0.1, 0.15) is 0 Å². The van der Waals surface area contributed by atoms with Crippen LogP contribution < -0.4 is 0 Å². The normalized spacial score (nSPS) is 10.4. The molecule has 0 amide bonds. The Kier molecular flexibility index (Phi) is 3.44. The first-order valence-electron chi connectivity index (χ1n) is 4.39. The Morgan fingerprint density at radius 3 is 2.08 bits per heavy atom. The molecular weight excluding hydrogens is 158 g/mol. The molecule has 0 aromatic heterocycles. The Morgan fingerprint density at radius 1 is 1.08 bits per heavy atom. The molecule has 68 valence electrons. The molecule has 0 N–H and O–H groups in total. The summed E-state index contributed by atoms with van der Waals surface area (Å²) in [7, 11) is 1.78. The van der Waals surface area contributed by atoms with Crippen LogP contribution in [0.1, 0.15) is 25.0 Å². The summed E-state index contributed by atoms with van der Waals surface area (Å²) in [5.74, 6) is 0. The second-order valence-electron chi connectivity index (χ2n) is 3.28. The van der Waals surface area contributed by atoms with Crippen molar-refractivity contribution in [3.8, 4) is 0 Å². The zero-order valence-electron chi connectivity index (χ0n) is 8.41. The molecule has 1 aromatic rings. The third-order valence-electron chi connectivity index (χ3n) is 1.67. The summed E-state index contributed by atoms with van der Waals surface area (Å²) in [6.45, 7) is 4.20. The lowest BCUT2D eigenvalue weighted by molar-refractivity contribution is 1.42. The van der Waals surface area contributed by atoms with E-state index in [1.54, 1.807) is 7.05 Å². The highest BCUT2D eigenvalue weighted by Gasteiger charge is 1.88. The molecule has 1 rings (SSSR count). The molecule has 0 fully saturated rings. The van der Waals surface area contributed by atoms with Crippen molar-refractivity contribution >= 4 is 12.3 Å². The molecule has 13 heavy (non-hydrogen) atoms. The SMILES string of the molecule is CN=Cc1ccc(C=C(C)C)cc1. The molecule has 0 aliphatic rings. The van der Waals surface area contributed by atoms with Crippen LogP contribution in [0.5, 0.6) is 0 Å². The zero-order chi connectivity index (χ0) is 9.68. The minimum Gasteiger partial charge on any atom is -0.296 e. The van der Waals surface area contributed by atoms with Crippen molar-refractivity contribution in [2.24, 2.45) is 4.99 Å². The quantitative estimate of drug-likeness (QED) is 0.609. The van der Waals surface area contributed by atoms with Gasteiger partial charge < -0.3 is 0 Å². The van der Waals surface area contributed by atoms with Crippen molar-refractivity contribution in [1.82, 2.24) is 0 Å². The van der Waals surface area contributed by atoms with Gasteiger partial charge in [0.15, 0.2) is 0 Å². The van der Waals surface area contributed by atoms with Gasteiger partial charge in [-0.05, 0) is 25.0 Å². The maximum Gasteiger partial charge on any atom is 0.0281 e. The molecule has 0 atom stereocenters. The molecule has 1 heteroatoms. The molecule has 0 aliphatic carbocycles. The van der Waals surface area contributed by atoms with E-state index in [0.29, 0.717) is 0 Å². The number of aliphatic imine (C=N–C) groups is 1. The van der Waals surface area contributed by atoms with E-state index in [9.17, 15) is 0 Å². The van der Waals surface area contributed by atoms with Gasteiger partial charge in [-0.3, -0.25) is 4.99 Å². The topological polar surface area (TPSA) is 12.4 Å². The fraction of sp³-hybridized carbons (Fsp3) is 0.250. The van der Waals surface area contributed by atoms with Gasteiger partial charge in [-0.1, -0.05) is 35.9 Å². The second-order valence-corrected chi connectivity index (χ2v) is 3.28. The lowest BCUT2D eigenvalue weighted by Gasteiger charge is -1.96. The first-order chi connectivity index (χ1) is 6.22. The molecule has 0 aliphatic heterocycles. The first kappa shape index (κ1) is 9.72. The predicted molar refractivity (Wildman–Crippen MR) is 59.3 cm³/mol. The predicted octanol–water partition coefficient (Wildman–Crippen LogP) is 3.16. The van der Waals surface area contributed by atoms with Crippen LogP contribution in [0.2, 0.25) is 0 Å². The van der Waals surface area contributed by atoms with Gasteiger partial charge in [-0.25, -0.2) is 0 Å². The highest BCUT2D eigenvalue weighted by Crippen LogP contribution is 2.07.